The molecule has 7 heteroatoms. The normalized spacial score (nSPS) is 17.3. The maximum Gasteiger partial charge on any atom is 0.260 e. The molecule has 2 aromatic rings. The molecule has 0 spiro atoms. The molecule has 0 fully saturated rings. The monoisotopic (exact) mass is 382 g/mol. The number of carbonyl (C=O) groups is 2. The van der Waals surface area contributed by atoms with Gasteiger partial charge in [-0.15, -0.1) is 0 Å². The van der Waals surface area contributed by atoms with Gasteiger partial charge in [0, 0.05) is 19.2 Å². The van der Waals surface area contributed by atoms with E-state index in [0.29, 0.717) is 37.5 Å². The molecule has 0 bridgehead atoms. The quantitative estimate of drug-likeness (QED) is 0.858. The zero-order valence-electron chi connectivity index (χ0n) is 15.6. The van der Waals surface area contributed by atoms with E-state index in [1.54, 1.807) is 24.1 Å². The minimum Gasteiger partial charge on any atom is -0.486 e. The first kappa shape index (κ1) is 18.2. The predicted octanol–water partition coefficient (Wildman–Crippen LogP) is 2.25. The number of rotatable bonds is 5. The van der Waals surface area contributed by atoms with Gasteiger partial charge in [-0.1, -0.05) is 12.1 Å². The molecule has 0 radical (unpaired) electrons. The van der Waals surface area contributed by atoms with E-state index in [1.165, 1.54) is 0 Å². The molecule has 0 saturated carbocycles. The molecule has 4 rings (SSSR count). The zero-order chi connectivity index (χ0) is 19.5. The molecule has 2 aromatic carbocycles. The highest BCUT2D eigenvalue weighted by Gasteiger charge is 2.24. The van der Waals surface area contributed by atoms with Gasteiger partial charge in [-0.25, -0.2) is 0 Å². The first-order chi connectivity index (χ1) is 13.6. The summed E-state index contributed by atoms with van der Waals surface area (Å²) in [5.74, 6) is 1.91. The average molecular weight is 382 g/mol. The Balaban J connectivity index is 1.29. The molecule has 0 saturated heterocycles. The summed E-state index contributed by atoms with van der Waals surface area (Å²) in [4.78, 5) is 25.4. The van der Waals surface area contributed by atoms with Crippen molar-refractivity contribution in [2.24, 2.45) is 0 Å². The van der Waals surface area contributed by atoms with E-state index in [9.17, 15) is 9.59 Å². The number of fused-ring (bicyclic) bond motifs is 2. The second kappa shape index (κ2) is 7.80. The molecule has 2 heterocycles. The smallest absolute Gasteiger partial charge is 0.260 e. The third-order valence-electron chi connectivity index (χ3n) is 4.81. The van der Waals surface area contributed by atoms with Crippen molar-refractivity contribution in [3.63, 3.8) is 0 Å². The van der Waals surface area contributed by atoms with Crippen LogP contribution in [0.4, 0.5) is 5.69 Å². The summed E-state index contributed by atoms with van der Waals surface area (Å²) in [5.41, 5.74) is 1.83. The Labute approximate surface area is 163 Å². The van der Waals surface area contributed by atoms with Crippen molar-refractivity contribution in [1.82, 2.24) is 4.90 Å². The van der Waals surface area contributed by atoms with Gasteiger partial charge >= 0.3 is 0 Å². The third-order valence-corrected chi connectivity index (χ3v) is 4.81. The van der Waals surface area contributed by atoms with Crippen LogP contribution in [0, 0.1) is 0 Å². The van der Waals surface area contributed by atoms with Crippen molar-refractivity contribution < 1.29 is 23.8 Å². The van der Waals surface area contributed by atoms with E-state index in [0.717, 1.165) is 17.0 Å². The lowest BCUT2D eigenvalue weighted by atomic mass is 10.0. The molecule has 1 N–H and O–H groups in total. The van der Waals surface area contributed by atoms with Crippen molar-refractivity contribution in [3.8, 4) is 17.2 Å². The molecule has 2 amide bonds. The van der Waals surface area contributed by atoms with E-state index in [-0.39, 0.29) is 24.5 Å². The molecule has 146 valence electrons. The van der Waals surface area contributed by atoms with Gasteiger partial charge in [0.2, 0.25) is 5.91 Å². The second-order valence-corrected chi connectivity index (χ2v) is 6.93. The Morgan fingerprint density at radius 3 is 2.89 bits per heavy atom. The SMILES string of the molecule is CN(CC1COc2ccccc2O1)C(=O)COc1ccc2c(c1)CCC(=O)N2. The largest absolute Gasteiger partial charge is 0.486 e. The summed E-state index contributed by atoms with van der Waals surface area (Å²) < 4.78 is 17.2. The van der Waals surface area contributed by atoms with Crippen molar-refractivity contribution in [1.29, 1.82) is 0 Å². The number of nitrogens with one attached hydrogen (secondary N) is 1. The molecule has 1 atom stereocenters. The van der Waals surface area contributed by atoms with Crippen LogP contribution >= 0.6 is 0 Å². The van der Waals surface area contributed by atoms with Crippen molar-refractivity contribution in [3.05, 3.63) is 48.0 Å². The van der Waals surface area contributed by atoms with Crippen LogP contribution in [0.5, 0.6) is 17.2 Å². The van der Waals surface area contributed by atoms with Gasteiger partial charge in [-0.3, -0.25) is 9.59 Å². The van der Waals surface area contributed by atoms with Crippen molar-refractivity contribution in [2.45, 2.75) is 18.9 Å². The van der Waals surface area contributed by atoms with E-state index in [2.05, 4.69) is 5.32 Å². The fraction of sp³-hybridized carbons (Fsp3) is 0.333. The molecule has 28 heavy (non-hydrogen) atoms. The standard InChI is InChI=1S/C21H22N2O5/c1-23(11-16-12-27-18-4-2-3-5-19(18)28-16)21(25)13-26-15-7-8-17-14(10-15)6-9-20(24)22-17/h2-5,7-8,10,16H,6,9,11-13H2,1H3,(H,22,24). The number of anilines is 1. The number of hydrogen-bond donors (Lipinski definition) is 1. The Kier molecular flexibility index (Phi) is 5.06. The van der Waals surface area contributed by atoms with Gasteiger partial charge < -0.3 is 24.4 Å². The maximum atomic E-state index is 12.4. The molecule has 2 aliphatic heterocycles. The molecule has 0 aliphatic carbocycles. The number of amides is 2. The summed E-state index contributed by atoms with van der Waals surface area (Å²) >= 11 is 0. The van der Waals surface area contributed by atoms with Crippen LogP contribution in [0.15, 0.2) is 42.5 Å². The fourth-order valence-corrected chi connectivity index (χ4v) is 3.27. The van der Waals surface area contributed by atoms with E-state index in [4.69, 9.17) is 14.2 Å². The second-order valence-electron chi connectivity index (χ2n) is 6.93. The van der Waals surface area contributed by atoms with Gasteiger partial charge in [0.1, 0.15) is 12.4 Å². The lowest BCUT2D eigenvalue weighted by Crippen LogP contribution is -2.43. The van der Waals surface area contributed by atoms with E-state index >= 15 is 0 Å². The lowest BCUT2D eigenvalue weighted by molar-refractivity contribution is -0.133. The Bertz CT molecular complexity index is 898. The highest BCUT2D eigenvalue weighted by Crippen LogP contribution is 2.31. The van der Waals surface area contributed by atoms with Gasteiger partial charge in [-0.05, 0) is 42.3 Å². The van der Waals surface area contributed by atoms with Gasteiger partial charge in [0.15, 0.2) is 24.2 Å². The van der Waals surface area contributed by atoms with Crippen LogP contribution in [-0.2, 0) is 16.0 Å². The van der Waals surface area contributed by atoms with Crippen LogP contribution in [0.1, 0.15) is 12.0 Å². The number of likely N-dealkylation sites (N-methyl/N-ethyl adjacent to an activating group) is 1. The highest BCUT2D eigenvalue weighted by molar-refractivity contribution is 5.94. The lowest BCUT2D eigenvalue weighted by Gasteiger charge is -2.29. The minimum atomic E-state index is -0.226. The molecular formula is C21H22N2O5. The van der Waals surface area contributed by atoms with Gasteiger partial charge in [-0.2, -0.15) is 0 Å². The minimum absolute atomic E-state index is 0.0227. The van der Waals surface area contributed by atoms with Crippen LogP contribution in [0.25, 0.3) is 0 Å². The number of carbonyl (C=O) groups excluding carboxylic acids is 2. The molecule has 1 unspecified atom stereocenters. The first-order valence-corrected chi connectivity index (χ1v) is 9.26. The molecule has 2 aliphatic rings. The molecule has 0 aromatic heterocycles. The number of hydrogen-bond acceptors (Lipinski definition) is 5. The summed E-state index contributed by atoms with van der Waals surface area (Å²) in [6.07, 6.45) is 0.911. The Hall–Kier alpha value is -3.22. The maximum absolute atomic E-state index is 12.4. The summed E-state index contributed by atoms with van der Waals surface area (Å²) in [7, 11) is 1.72. The molecule has 7 nitrogen and oxygen atoms in total. The topological polar surface area (TPSA) is 77.1 Å². The summed E-state index contributed by atoms with van der Waals surface area (Å²) in [6.45, 7) is 0.741. The van der Waals surface area contributed by atoms with Gasteiger partial charge in [0.25, 0.3) is 5.91 Å². The zero-order valence-corrected chi connectivity index (χ0v) is 15.6. The van der Waals surface area contributed by atoms with Crippen LogP contribution < -0.4 is 19.5 Å². The third kappa shape index (κ3) is 4.03. The fourth-order valence-electron chi connectivity index (χ4n) is 3.27. The van der Waals surface area contributed by atoms with Crippen LogP contribution in [0.2, 0.25) is 0 Å². The predicted molar refractivity (Wildman–Crippen MR) is 103 cm³/mol. The van der Waals surface area contributed by atoms with Crippen LogP contribution in [-0.4, -0.2) is 49.6 Å². The van der Waals surface area contributed by atoms with Gasteiger partial charge in [0.05, 0.1) is 6.54 Å². The Morgan fingerprint density at radius 2 is 2.04 bits per heavy atom. The average Bonchev–Trinajstić information content (AvgIpc) is 2.71. The highest BCUT2D eigenvalue weighted by atomic mass is 16.6. The number of para-hydroxylation sites is 2. The molecular weight excluding hydrogens is 360 g/mol. The van der Waals surface area contributed by atoms with E-state index < -0.39 is 0 Å². The van der Waals surface area contributed by atoms with Crippen molar-refractivity contribution in [2.75, 3.05) is 32.1 Å². The number of nitrogens with zero attached hydrogens (tertiary/aromatic N) is 1. The van der Waals surface area contributed by atoms with E-state index in [1.807, 2.05) is 30.3 Å². The first-order valence-electron chi connectivity index (χ1n) is 9.26. The number of benzene rings is 2. The number of aryl methyl sites for hydroxylation is 1. The number of ether oxygens (including phenoxy) is 3. The van der Waals surface area contributed by atoms with Crippen molar-refractivity contribution >= 4 is 17.5 Å². The van der Waals surface area contributed by atoms with Crippen LogP contribution in [0.3, 0.4) is 0 Å². The summed E-state index contributed by atoms with van der Waals surface area (Å²) in [6, 6.07) is 12.9. The summed E-state index contributed by atoms with van der Waals surface area (Å²) in [5, 5.41) is 2.83. The Morgan fingerprint density at radius 1 is 1.21 bits per heavy atom.